The van der Waals surface area contributed by atoms with Crippen LogP contribution in [0, 0.1) is 18.7 Å². The van der Waals surface area contributed by atoms with Gasteiger partial charge in [0.1, 0.15) is 28.3 Å². The molecule has 0 saturated heterocycles. The second-order valence-electron chi connectivity index (χ2n) is 9.74. The Bertz CT molecular complexity index is 1430. The molecule has 1 aromatic carbocycles. The first-order valence-electron chi connectivity index (χ1n) is 11.1. The van der Waals surface area contributed by atoms with Crippen molar-refractivity contribution in [1.82, 2.24) is 14.9 Å². The van der Waals surface area contributed by atoms with Gasteiger partial charge >= 0.3 is 6.09 Å². The van der Waals surface area contributed by atoms with Crippen molar-refractivity contribution in [1.29, 1.82) is 0 Å². The second kappa shape index (κ2) is 8.87. The maximum absolute atomic E-state index is 14.0. The third kappa shape index (κ3) is 4.84. The van der Waals surface area contributed by atoms with Gasteiger partial charge in [-0.1, -0.05) is 13.8 Å². The molecule has 7 nitrogen and oxygen atoms in total. The van der Waals surface area contributed by atoms with E-state index in [4.69, 9.17) is 14.1 Å². The monoisotopic (exact) mass is 485 g/mol. The van der Waals surface area contributed by atoms with Gasteiger partial charge in [0, 0.05) is 10.3 Å². The number of carbonyl (C=O) groups is 1. The number of amides is 1. The zero-order valence-electron chi connectivity index (χ0n) is 20.1. The lowest BCUT2D eigenvalue weighted by molar-refractivity contribution is 0.0485. The molecule has 0 fully saturated rings. The molecular weight excluding hydrogens is 457 g/mol. The zero-order valence-corrected chi connectivity index (χ0v) is 20.9. The largest absolute Gasteiger partial charge is 0.448 e. The molecule has 1 amide bonds. The molecule has 1 N–H and O–H groups in total. The number of rotatable bonds is 5. The predicted octanol–water partition coefficient (Wildman–Crippen LogP) is 5.92. The van der Waals surface area contributed by atoms with Crippen molar-refractivity contribution in [2.45, 2.75) is 59.7 Å². The quantitative estimate of drug-likeness (QED) is 0.379. The summed E-state index contributed by atoms with van der Waals surface area (Å²) in [6, 6.07) is 5.43. The summed E-state index contributed by atoms with van der Waals surface area (Å²) < 4.78 is 26.8. The maximum atomic E-state index is 14.0. The van der Waals surface area contributed by atoms with Gasteiger partial charge in [0.15, 0.2) is 0 Å². The van der Waals surface area contributed by atoms with Crippen molar-refractivity contribution < 1.29 is 18.3 Å². The Morgan fingerprint density at radius 1 is 1.29 bits per heavy atom. The Kier molecular flexibility index (Phi) is 6.24. The van der Waals surface area contributed by atoms with Crippen LogP contribution in [0.1, 0.15) is 56.9 Å². The van der Waals surface area contributed by atoms with Gasteiger partial charge in [0.2, 0.25) is 5.58 Å². The first-order chi connectivity index (χ1) is 15.9. The molecule has 4 aromatic rings. The molecule has 0 aliphatic carbocycles. The molecule has 180 valence electrons. The van der Waals surface area contributed by atoms with Crippen LogP contribution in [0.3, 0.4) is 0 Å². The Balaban J connectivity index is 1.92. The van der Waals surface area contributed by atoms with Gasteiger partial charge in [0.05, 0.1) is 12.6 Å². The summed E-state index contributed by atoms with van der Waals surface area (Å²) in [6.07, 6.45) is -0.609. The van der Waals surface area contributed by atoms with Crippen molar-refractivity contribution in [3.05, 3.63) is 62.1 Å². The fourth-order valence-electron chi connectivity index (χ4n) is 3.80. The summed E-state index contributed by atoms with van der Waals surface area (Å²) in [6.45, 7) is 11.4. The second-order valence-corrected chi connectivity index (χ2v) is 10.7. The van der Waals surface area contributed by atoms with Gasteiger partial charge in [0.25, 0.3) is 5.56 Å². The Morgan fingerprint density at radius 2 is 2.03 bits per heavy atom. The topological polar surface area (TPSA) is 86.4 Å². The van der Waals surface area contributed by atoms with Crippen LogP contribution in [0.4, 0.5) is 9.18 Å². The molecule has 3 aromatic heterocycles. The third-order valence-electron chi connectivity index (χ3n) is 5.28. The van der Waals surface area contributed by atoms with Crippen molar-refractivity contribution >= 4 is 39.5 Å². The van der Waals surface area contributed by atoms with E-state index in [0.717, 1.165) is 10.4 Å². The molecule has 0 saturated carbocycles. The minimum atomic E-state index is -0.685. The van der Waals surface area contributed by atoms with E-state index in [1.165, 1.54) is 34.1 Å². The number of fused-ring (bicyclic) bond motifs is 3. The van der Waals surface area contributed by atoms with Crippen LogP contribution in [0.25, 0.3) is 22.1 Å². The Morgan fingerprint density at radius 3 is 2.65 bits per heavy atom. The predicted molar refractivity (Wildman–Crippen MR) is 131 cm³/mol. The van der Waals surface area contributed by atoms with Gasteiger partial charge in [-0.3, -0.25) is 9.36 Å². The SMILES string of the molecule is Cc1csc(Cn2c([C@H](NC(=O)OC(C)(C)C)C(C)C)nc3c(oc4ccc(F)cc43)c2=O)c1. The molecule has 0 spiro atoms. The Labute approximate surface area is 200 Å². The van der Waals surface area contributed by atoms with E-state index in [1.54, 1.807) is 20.8 Å². The van der Waals surface area contributed by atoms with Gasteiger partial charge in [-0.05, 0) is 68.8 Å². The fraction of sp³-hybridized carbons (Fsp3) is 0.400. The van der Waals surface area contributed by atoms with Crippen LogP contribution in [0.15, 0.2) is 38.9 Å². The third-order valence-corrected chi connectivity index (χ3v) is 6.32. The van der Waals surface area contributed by atoms with E-state index >= 15 is 0 Å². The summed E-state index contributed by atoms with van der Waals surface area (Å²) in [7, 11) is 0. The van der Waals surface area contributed by atoms with Crippen molar-refractivity contribution in [2.75, 3.05) is 0 Å². The highest BCUT2D eigenvalue weighted by Gasteiger charge is 2.29. The summed E-state index contributed by atoms with van der Waals surface area (Å²) >= 11 is 1.54. The number of benzene rings is 1. The molecule has 3 heterocycles. The molecule has 1 atom stereocenters. The van der Waals surface area contributed by atoms with Crippen LogP contribution in [0.2, 0.25) is 0 Å². The number of furan rings is 1. The van der Waals surface area contributed by atoms with E-state index < -0.39 is 23.6 Å². The highest BCUT2D eigenvalue weighted by molar-refractivity contribution is 7.10. The molecule has 4 rings (SSSR count). The van der Waals surface area contributed by atoms with Crippen LogP contribution < -0.4 is 10.9 Å². The molecule has 9 heteroatoms. The minimum absolute atomic E-state index is 0.0532. The van der Waals surface area contributed by atoms with Gasteiger partial charge in [-0.15, -0.1) is 11.3 Å². The number of alkyl carbamates (subject to hydrolysis) is 1. The number of ether oxygens (including phenoxy) is 1. The number of halogens is 1. The van der Waals surface area contributed by atoms with E-state index in [2.05, 4.69) is 5.32 Å². The number of hydrogen-bond donors (Lipinski definition) is 1. The maximum Gasteiger partial charge on any atom is 0.408 e. The van der Waals surface area contributed by atoms with Crippen LogP contribution in [-0.4, -0.2) is 21.2 Å². The van der Waals surface area contributed by atoms with Crippen molar-refractivity contribution in [2.24, 2.45) is 5.92 Å². The van der Waals surface area contributed by atoms with Crippen LogP contribution >= 0.6 is 11.3 Å². The standard InChI is InChI=1S/C25H28FN3O4S/c1-13(2)19(28-24(31)33-25(4,5)6)22-27-20-17-10-15(26)7-8-18(17)32-21(20)23(30)29(22)11-16-9-14(3)12-34-16/h7-10,12-13,19H,11H2,1-6H3,(H,28,31)/t19-/m1/s1. The van der Waals surface area contributed by atoms with E-state index in [0.29, 0.717) is 16.8 Å². The van der Waals surface area contributed by atoms with E-state index in [9.17, 15) is 14.0 Å². The Hall–Kier alpha value is -3.20. The summed E-state index contributed by atoms with van der Waals surface area (Å²) in [5, 5.41) is 5.30. The number of carbonyl (C=O) groups excluding carboxylic acids is 1. The highest BCUT2D eigenvalue weighted by atomic mass is 32.1. The van der Waals surface area contributed by atoms with Gasteiger partial charge in [-0.25, -0.2) is 14.2 Å². The normalized spacial score (nSPS) is 13.1. The summed E-state index contributed by atoms with van der Waals surface area (Å²) in [5.74, 6) is -0.219. The molecule has 0 aliphatic rings. The fourth-order valence-corrected chi connectivity index (χ4v) is 4.66. The summed E-state index contributed by atoms with van der Waals surface area (Å²) in [4.78, 5) is 32.1. The molecule has 0 aliphatic heterocycles. The lowest BCUT2D eigenvalue weighted by Crippen LogP contribution is -2.40. The first-order valence-corrected chi connectivity index (χ1v) is 12.0. The number of nitrogens with one attached hydrogen (secondary N) is 1. The molecule has 0 radical (unpaired) electrons. The average Bonchev–Trinajstić information content (AvgIpc) is 3.30. The van der Waals surface area contributed by atoms with Gasteiger partial charge in [-0.2, -0.15) is 0 Å². The van der Waals surface area contributed by atoms with Gasteiger partial charge < -0.3 is 14.5 Å². The minimum Gasteiger partial charge on any atom is -0.448 e. The molecule has 0 unspecified atom stereocenters. The number of aromatic nitrogens is 2. The lowest BCUT2D eigenvalue weighted by atomic mass is 10.0. The average molecular weight is 486 g/mol. The number of nitrogens with zero attached hydrogens (tertiary/aromatic N) is 2. The number of hydrogen-bond acceptors (Lipinski definition) is 6. The lowest BCUT2D eigenvalue weighted by Gasteiger charge is -2.27. The number of thiophene rings is 1. The molecular formula is C25H28FN3O4S. The van der Waals surface area contributed by atoms with E-state index in [1.807, 2.05) is 32.2 Å². The number of aryl methyl sites for hydroxylation is 1. The van der Waals surface area contributed by atoms with Crippen LogP contribution in [0.5, 0.6) is 0 Å². The van der Waals surface area contributed by atoms with E-state index in [-0.39, 0.29) is 29.1 Å². The van der Waals surface area contributed by atoms with Crippen molar-refractivity contribution in [3.63, 3.8) is 0 Å². The molecule has 34 heavy (non-hydrogen) atoms. The summed E-state index contributed by atoms with van der Waals surface area (Å²) in [5.41, 5.74) is 0.713. The first kappa shape index (κ1) is 23.9. The smallest absolute Gasteiger partial charge is 0.408 e. The van der Waals surface area contributed by atoms with Crippen molar-refractivity contribution in [3.8, 4) is 0 Å². The highest BCUT2D eigenvalue weighted by Crippen LogP contribution is 2.29. The molecule has 0 bridgehead atoms. The van der Waals surface area contributed by atoms with Crippen LogP contribution in [-0.2, 0) is 11.3 Å². The zero-order chi connectivity index (χ0) is 24.8.